The quantitative estimate of drug-likeness (QED) is 0.238. The van der Waals surface area contributed by atoms with Gasteiger partial charge in [0.25, 0.3) is 11.9 Å². The summed E-state index contributed by atoms with van der Waals surface area (Å²) >= 11 is 0. The topological polar surface area (TPSA) is 168 Å². The molecule has 5 rings (SSSR count). The molecule has 0 aliphatic heterocycles. The molecule has 0 aliphatic rings. The van der Waals surface area contributed by atoms with Crippen molar-refractivity contribution >= 4 is 39.8 Å². The zero-order valence-corrected chi connectivity index (χ0v) is 20.3. The van der Waals surface area contributed by atoms with Gasteiger partial charge in [-0.05, 0) is 41.8 Å². The van der Waals surface area contributed by atoms with Crippen LogP contribution in [0.3, 0.4) is 0 Å². The van der Waals surface area contributed by atoms with Gasteiger partial charge in [0, 0.05) is 23.5 Å². The Morgan fingerprint density at radius 3 is 2.54 bits per heavy atom. The van der Waals surface area contributed by atoms with Crippen LogP contribution in [0.1, 0.15) is 26.3 Å². The van der Waals surface area contributed by atoms with Crippen LogP contribution in [0, 0.1) is 11.3 Å². The molecule has 0 saturated heterocycles. The molecule has 0 bridgehead atoms. The number of benzene rings is 3. The molecule has 0 atom stereocenters. The lowest BCUT2D eigenvalue weighted by molar-refractivity contribution is 0.0600. The molecule has 2 aromatic heterocycles. The van der Waals surface area contributed by atoms with E-state index in [1.54, 1.807) is 42.5 Å². The molecule has 1 amide bonds. The van der Waals surface area contributed by atoms with Crippen LogP contribution in [-0.4, -0.2) is 43.8 Å². The van der Waals surface area contributed by atoms with Gasteiger partial charge in [0.05, 0.1) is 24.4 Å². The molecule has 0 radical (unpaired) electrons. The monoisotopic (exact) mass is 518 g/mol. The van der Waals surface area contributed by atoms with Crippen LogP contribution in [0.5, 0.6) is 5.75 Å². The number of ether oxygens (including phenoxy) is 1. The third-order valence-electron chi connectivity index (χ3n) is 5.63. The number of azo groups is 1. The van der Waals surface area contributed by atoms with E-state index in [1.807, 2.05) is 6.07 Å². The number of methoxy groups -OCH3 is 1. The van der Waals surface area contributed by atoms with E-state index < -0.39 is 17.6 Å². The lowest BCUT2D eigenvalue weighted by Gasteiger charge is -2.12. The first-order valence-electron chi connectivity index (χ1n) is 11.4. The first-order valence-corrected chi connectivity index (χ1v) is 11.4. The number of esters is 1. The summed E-state index contributed by atoms with van der Waals surface area (Å²) in [5.74, 6) is -1.47. The highest BCUT2D eigenvalue weighted by atomic mass is 16.5. The van der Waals surface area contributed by atoms with Crippen molar-refractivity contribution in [2.45, 2.75) is 0 Å². The van der Waals surface area contributed by atoms with Crippen LogP contribution < -0.4 is 5.32 Å². The standard InChI is InChI=1S/C27H18N8O4/c1-39-26(38)16-8-9-20-17(12-16)13-21(25(37)32-19-6-3-2-4-7-19)23(36)22(20)33-34-24-18(14-28)15-31-35(24)27-29-10-5-11-30-27/h2-13,15,36H,1H3,(H,32,37)/b34-33+. The fraction of sp³-hybridized carbons (Fsp3) is 0.0370. The second-order valence-corrected chi connectivity index (χ2v) is 8.02. The molecule has 2 N–H and O–H groups in total. The molecule has 3 aromatic carbocycles. The van der Waals surface area contributed by atoms with Crippen molar-refractivity contribution in [1.82, 2.24) is 19.7 Å². The third-order valence-corrected chi connectivity index (χ3v) is 5.63. The van der Waals surface area contributed by atoms with Crippen LogP contribution in [0.15, 0.2) is 89.5 Å². The summed E-state index contributed by atoms with van der Waals surface area (Å²) in [5.41, 5.74) is 0.661. The van der Waals surface area contributed by atoms with Crippen molar-refractivity contribution in [2.75, 3.05) is 12.4 Å². The van der Waals surface area contributed by atoms with Crippen LogP contribution in [-0.2, 0) is 4.74 Å². The predicted octanol–water partition coefficient (Wildman–Crippen LogP) is 4.85. The fourth-order valence-electron chi connectivity index (χ4n) is 3.78. The number of hydrogen-bond donors (Lipinski definition) is 2. The number of fused-ring (bicyclic) bond motifs is 1. The highest BCUT2D eigenvalue weighted by Crippen LogP contribution is 2.40. The largest absolute Gasteiger partial charge is 0.505 e. The Hall–Kier alpha value is -5.96. The lowest BCUT2D eigenvalue weighted by atomic mass is 10.0. The summed E-state index contributed by atoms with van der Waals surface area (Å²) in [6, 6.07) is 18.3. The molecular formula is C27H18N8O4. The van der Waals surface area contributed by atoms with Gasteiger partial charge in [0.2, 0.25) is 0 Å². The number of para-hydroxylation sites is 1. The first-order chi connectivity index (χ1) is 19.0. The Kier molecular flexibility index (Phi) is 6.70. The van der Waals surface area contributed by atoms with Gasteiger partial charge in [-0.3, -0.25) is 4.79 Å². The maximum Gasteiger partial charge on any atom is 0.337 e. The highest BCUT2D eigenvalue weighted by Gasteiger charge is 2.21. The van der Waals surface area contributed by atoms with Crippen LogP contribution in [0.2, 0.25) is 0 Å². The number of carbonyl (C=O) groups excluding carboxylic acids is 2. The summed E-state index contributed by atoms with van der Waals surface area (Å²) in [7, 11) is 1.26. The third kappa shape index (κ3) is 4.87. The van der Waals surface area contributed by atoms with Gasteiger partial charge in [-0.1, -0.05) is 24.3 Å². The summed E-state index contributed by atoms with van der Waals surface area (Å²) in [5, 5.41) is 36.8. The Morgan fingerprint density at radius 2 is 1.82 bits per heavy atom. The molecule has 2 heterocycles. The van der Waals surface area contributed by atoms with Crippen molar-refractivity contribution in [3.63, 3.8) is 0 Å². The van der Waals surface area contributed by atoms with Crippen LogP contribution >= 0.6 is 0 Å². The molecular weight excluding hydrogens is 500 g/mol. The fourth-order valence-corrected chi connectivity index (χ4v) is 3.78. The average Bonchev–Trinajstić information content (AvgIpc) is 3.39. The lowest BCUT2D eigenvalue weighted by Crippen LogP contribution is -2.12. The number of nitrogens with zero attached hydrogens (tertiary/aromatic N) is 7. The smallest absolute Gasteiger partial charge is 0.337 e. The summed E-state index contributed by atoms with van der Waals surface area (Å²) < 4.78 is 6.04. The minimum atomic E-state index is -0.610. The molecule has 0 fully saturated rings. The average molecular weight is 518 g/mol. The van der Waals surface area contributed by atoms with Gasteiger partial charge in [-0.15, -0.1) is 10.2 Å². The molecule has 12 nitrogen and oxygen atoms in total. The highest BCUT2D eigenvalue weighted by molar-refractivity contribution is 6.12. The summed E-state index contributed by atoms with van der Waals surface area (Å²) in [6.45, 7) is 0. The van der Waals surface area contributed by atoms with Crippen molar-refractivity contribution < 1.29 is 19.4 Å². The maximum absolute atomic E-state index is 13.2. The van der Waals surface area contributed by atoms with Gasteiger partial charge in [-0.2, -0.15) is 15.0 Å². The van der Waals surface area contributed by atoms with Crippen LogP contribution in [0.4, 0.5) is 17.2 Å². The Bertz CT molecular complexity index is 1780. The van der Waals surface area contributed by atoms with E-state index in [1.165, 1.54) is 48.6 Å². The number of nitrogens with one attached hydrogen (secondary N) is 1. The normalized spacial score (nSPS) is 10.9. The second kappa shape index (κ2) is 10.6. The van der Waals surface area contributed by atoms with Gasteiger partial charge in [0.1, 0.15) is 17.3 Å². The van der Waals surface area contributed by atoms with Gasteiger partial charge < -0.3 is 15.2 Å². The second-order valence-electron chi connectivity index (χ2n) is 8.02. The number of rotatable bonds is 6. The van der Waals surface area contributed by atoms with Crippen molar-refractivity contribution in [2.24, 2.45) is 10.2 Å². The molecule has 0 aliphatic carbocycles. The van der Waals surface area contributed by atoms with Gasteiger partial charge >= 0.3 is 5.97 Å². The van der Waals surface area contributed by atoms with E-state index >= 15 is 0 Å². The molecule has 0 unspecified atom stereocenters. The number of carbonyl (C=O) groups is 2. The van der Waals surface area contributed by atoms with E-state index in [4.69, 9.17) is 4.74 Å². The van der Waals surface area contributed by atoms with Gasteiger partial charge in [-0.25, -0.2) is 14.8 Å². The molecule has 190 valence electrons. The minimum absolute atomic E-state index is 0.0153. The number of amides is 1. The van der Waals surface area contributed by atoms with Crippen molar-refractivity contribution in [3.05, 3.63) is 95.9 Å². The molecule has 5 aromatic rings. The summed E-state index contributed by atoms with van der Waals surface area (Å²) in [6.07, 6.45) is 4.29. The number of phenolic OH excluding ortho intramolecular Hbond substituents is 1. The number of anilines is 1. The van der Waals surface area contributed by atoms with Crippen molar-refractivity contribution in [1.29, 1.82) is 5.26 Å². The molecule has 0 saturated carbocycles. The summed E-state index contributed by atoms with van der Waals surface area (Å²) in [4.78, 5) is 33.6. The Labute approximate surface area is 220 Å². The van der Waals surface area contributed by atoms with E-state index in [2.05, 4.69) is 30.6 Å². The zero-order valence-electron chi connectivity index (χ0n) is 20.3. The number of aromatic hydroxyl groups is 1. The van der Waals surface area contributed by atoms with E-state index in [-0.39, 0.29) is 34.1 Å². The molecule has 39 heavy (non-hydrogen) atoms. The number of aromatic nitrogens is 4. The Morgan fingerprint density at radius 1 is 1.05 bits per heavy atom. The van der Waals surface area contributed by atoms with E-state index in [9.17, 15) is 20.0 Å². The number of nitriles is 1. The Balaban J connectivity index is 1.66. The zero-order chi connectivity index (χ0) is 27.4. The predicted molar refractivity (Wildman–Crippen MR) is 139 cm³/mol. The minimum Gasteiger partial charge on any atom is -0.505 e. The van der Waals surface area contributed by atoms with Crippen molar-refractivity contribution in [3.8, 4) is 17.8 Å². The van der Waals surface area contributed by atoms with Crippen LogP contribution in [0.25, 0.3) is 16.7 Å². The number of hydrogen-bond acceptors (Lipinski definition) is 10. The first kappa shape index (κ1) is 24.7. The van der Waals surface area contributed by atoms with Gasteiger partial charge in [0.15, 0.2) is 11.6 Å². The molecule has 12 heteroatoms. The van der Waals surface area contributed by atoms with E-state index in [0.717, 1.165) is 0 Å². The number of phenols is 1. The van der Waals surface area contributed by atoms with E-state index in [0.29, 0.717) is 16.5 Å². The SMILES string of the molecule is COC(=O)c1ccc2c(/N=N/c3c(C#N)cnn3-c3ncccn3)c(O)c(C(=O)Nc3ccccc3)cc2c1. The maximum atomic E-state index is 13.2. The molecule has 0 spiro atoms.